The fraction of sp³-hybridized carbons (Fsp3) is 0.143. The number of hydrogen-bond donors (Lipinski definition) is 0. The standard InChI is InChI=1S/C7H8O6S2.2K/c1-5-4-6(14(8,9)10)2-3-7(5)15(11,12)13;;/h2-4H,1H3,(H,8,9,10)(H,11,12,13);;/q;2*+1/p-2. The maximum atomic E-state index is 10.6. The zero-order valence-corrected chi connectivity index (χ0v) is 17.4. The molecule has 1 aromatic carbocycles. The Morgan fingerprint density at radius 3 is 1.71 bits per heavy atom. The van der Waals surface area contributed by atoms with Gasteiger partial charge in [0.2, 0.25) is 0 Å². The summed E-state index contributed by atoms with van der Waals surface area (Å²) in [4.78, 5) is -1.10. The average Bonchev–Trinajstić information content (AvgIpc) is 1.99. The maximum Gasteiger partial charge on any atom is 1.00 e. The molecular formula is C7H6K2O6S2. The first-order valence-corrected chi connectivity index (χ1v) is 6.46. The van der Waals surface area contributed by atoms with Crippen molar-refractivity contribution in [3.05, 3.63) is 23.8 Å². The topological polar surface area (TPSA) is 114 Å². The third kappa shape index (κ3) is 6.53. The molecule has 0 fully saturated rings. The fourth-order valence-corrected chi connectivity index (χ4v) is 2.30. The fourth-order valence-electron chi connectivity index (χ4n) is 1.06. The van der Waals surface area contributed by atoms with Gasteiger partial charge in [-0.05, 0) is 30.7 Å². The van der Waals surface area contributed by atoms with Gasteiger partial charge in [-0.2, -0.15) is 0 Å². The molecular weight excluding hydrogens is 322 g/mol. The minimum absolute atomic E-state index is 0. The first-order valence-electron chi connectivity index (χ1n) is 3.65. The van der Waals surface area contributed by atoms with E-state index in [-0.39, 0.29) is 108 Å². The van der Waals surface area contributed by atoms with E-state index in [1.165, 1.54) is 6.92 Å². The van der Waals surface area contributed by atoms with E-state index in [0.717, 1.165) is 18.2 Å². The number of benzene rings is 1. The van der Waals surface area contributed by atoms with Gasteiger partial charge < -0.3 is 9.11 Å². The van der Waals surface area contributed by atoms with Crippen molar-refractivity contribution >= 4 is 20.2 Å². The molecule has 0 bridgehead atoms. The van der Waals surface area contributed by atoms with Crippen LogP contribution in [0.15, 0.2) is 28.0 Å². The smallest absolute Gasteiger partial charge is 0.744 e. The van der Waals surface area contributed by atoms with Gasteiger partial charge in [0, 0.05) is 0 Å². The second-order valence-corrected chi connectivity index (χ2v) is 5.56. The van der Waals surface area contributed by atoms with Gasteiger partial charge in [-0.3, -0.25) is 0 Å². The van der Waals surface area contributed by atoms with E-state index < -0.39 is 30.0 Å². The molecule has 0 heterocycles. The number of hydrogen-bond acceptors (Lipinski definition) is 6. The SMILES string of the molecule is Cc1cc(S(=O)(=O)[O-])ccc1S(=O)(=O)[O-].[K+].[K+]. The van der Waals surface area contributed by atoms with Gasteiger partial charge >= 0.3 is 103 Å². The van der Waals surface area contributed by atoms with E-state index in [9.17, 15) is 25.9 Å². The molecule has 1 aromatic rings. The molecule has 0 aliphatic rings. The first kappa shape index (κ1) is 21.6. The predicted molar refractivity (Wildman–Crippen MR) is 47.1 cm³/mol. The Labute approximate surface area is 185 Å². The van der Waals surface area contributed by atoms with Gasteiger partial charge in [-0.25, -0.2) is 16.8 Å². The molecule has 0 saturated heterocycles. The summed E-state index contributed by atoms with van der Waals surface area (Å²) in [5.74, 6) is 0. The van der Waals surface area contributed by atoms with E-state index in [4.69, 9.17) is 0 Å². The van der Waals surface area contributed by atoms with Gasteiger partial charge in [-0.15, -0.1) is 0 Å². The van der Waals surface area contributed by atoms with Crippen LogP contribution in [-0.2, 0) is 20.2 Å². The molecule has 1 rings (SSSR count). The number of rotatable bonds is 2. The van der Waals surface area contributed by atoms with Gasteiger partial charge in [0.15, 0.2) is 0 Å². The summed E-state index contributed by atoms with van der Waals surface area (Å²) in [5.41, 5.74) is -0.0677. The van der Waals surface area contributed by atoms with Gasteiger partial charge in [-0.1, -0.05) is 0 Å². The summed E-state index contributed by atoms with van der Waals surface area (Å²) < 4.78 is 63.6. The van der Waals surface area contributed by atoms with Crippen molar-refractivity contribution in [3.8, 4) is 0 Å². The van der Waals surface area contributed by atoms with E-state index in [1.54, 1.807) is 0 Å². The quantitative estimate of drug-likeness (QED) is 0.394. The van der Waals surface area contributed by atoms with Crippen molar-refractivity contribution in [2.45, 2.75) is 16.7 Å². The summed E-state index contributed by atoms with van der Waals surface area (Å²) in [7, 11) is -9.28. The monoisotopic (exact) mass is 328 g/mol. The largest absolute Gasteiger partial charge is 1.00 e. The molecule has 6 nitrogen and oxygen atoms in total. The molecule has 0 aliphatic heterocycles. The van der Waals surface area contributed by atoms with Crippen LogP contribution in [0.2, 0.25) is 0 Å². The van der Waals surface area contributed by atoms with Crippen LogP contribution in [0.3, 0.4) is 0 Å². The van der Waals surface area contributed by atoms with E-state index in [2.05, 4.69) is 0 Å². The Balaban J connectivity index is 0. The zero-order valence-electron chi connectivity index (χ0n) is 9.50. The van der Waals surface area contributed by atoms with Crippen LogP contribution in [0.5, 0.6) is 0 Å². The molecule has 0 amide bonds. The molecule has 17 heavy (non-hydrogen) atoms. The molecule has 10 heteroatoms. The van der Waals surface area contributed by atoms with Crippen LogP contribution >= 0.6 is 0 Å². The summed E-state index contributed by atoms with van der Waals surface area (Å²) in [5, 5.41) is 0. The van der Waals surface area contributed by atoms with Crippen molar-refractivity contribution in [1.29, 1.82) is 0 Å². The minimum Gasteiger partial charge on any atom is -0.744 e. The van der Waals surface area contributed by atoms with E-state index in [1.807, 2.05) is 0 Å². The second kappa shape index (κ2) is 7.93. The molecule has 0 N–H and O–H groups in total. The normalized spacial score (nSPS) is 11.2. The predicted octanol–water partition coefficient (Wildman–Crippen LogP) is -6.19. The maximum absolute atomic E-state index is 10.6. The Morgan fingerprint density at radius 2 is 1.41 bits per heavy atom. The summed E-state index contributed by atoms with van der Waals surface area (Å²) in [6.07, 6.45) is 0. The molecule has 0 radical (unpaired) electrons. The van der Waals surface area contributed by atoms with Crippen molar-refractivity contribution < 1.29 is 129 Å². The Kier molecular flexibility index (Phi) is 10.1. The molecule has 0 unspecified atom stereocenters. The van der Waals surface area contributed by atoms with Gasteiger partial charge in [0.25, 0.3) is 0 Å². The molecule has 0 aromatic heterocycles. The van der Waals surface area contributed by atoms with E-state index >= 15 is 0 Å². The molecule has 0 saturated carbocycles. The van der Waals surface area contributed by atoms with Crippen LogP contribution in [0.4, 0.5) is 0 Å². The summed E-state index contributed by atoms with van der Waals surface area (Å²) in [6, 6.07) is 2.45. The Morgan fingerprint density at radius 1 is 0.941 bits per heavy atom. The van der Waals surface area contributed by atoms with Crippen molar-refractivity contribution in [2.75, 3.05) is 0 Å². The first-order chi connectivity index (χ1) is 6.62. The summed E-state index contributed by atoms with van der Waals surface area (Å²) in [6.45, 7) is 1.24. The van der Waals surface area contributed by atoms with Crippen LogP contribution < -0.4 is 103 Å². The van der Waals surface area contributed by atoms with Crippen LogP contribution in [0, 0.1) is 6.92 Å². The molecule has 0 aliphatic carbocycles. The minimum atomic E-state index is -4.64. The third-order valence-electron chi connectivity index (χ3n) is 1.70. The molecule has 84 valence electrons. The van der Waals surface area contributed by atoms with Gasteiger partial charge in [0.1, 0.15) is 20.2 Å². The third-order valence-corrected chi connectivity index (χ3v) is 3.53. The van der Waals surface area contributed by atoms with Crippen molar-refractivity contribution in [2.24, 2.45) is 0 Å². The van der Waals surface area contributed by atoms with Crippen LogP contribution in [0.25, 0.3) is 0 Å². The second-order valence-electron chi connectivity index (χ2n) is 2.84. The zero-order chi connectivity index (χ0) is 11.9. The van der Waals surface area contributed by atoms with Gasteiger partial charge in [0.05, 0.1) is 9.79 Å². The molecule has 0 spiro atoms. The van der Waals surface area contributed by atoms with E-state index in [0.29, 0.717) is 0 Å². The molecule has 0 atom stereocenters. The van der Waals surface area contributed by atoms with Crippen molar-refractivity contribution in [1.82, 2.24) is 0 Å². The average molecular weight is 328 g/mol. The summed E-state index contributed by atoms with van der Waals surface area (Å²) >= 11 is 0. The van der Waals surface area contributed by atoms with Crippen LogP contribution in [-0.4, -0.2) is 25.9 Å². The Bertz CT molecular complexity index is 593. The van der Waals surface area contributed by atoms with Crippen LogP contribution in [0.1, 0.15) is 5.56 Å². The van der Waals surface area contributed by atoms with Crippen molar-refractivity contribution in [3.63, 3.8) is 0 Å². The number of aryl methyl sites for hydroxylation is 1. The Hall–Kier alpha value is 2.31.